The topological polar surface area (TPSA) is 144 Å². The van der Waals surface area contributed by atoms with Crippen molar-refractivity contribution in [1.29, 1.82) is 0 Å². The van der Waals surface area contributed by atoms with Gasteiger partial charge < -0.3 is 14.8 Å². The van der Waals surface area contributed by atoms with E-state index in [4.69, 9.17) is 14.3 Å². The van der Waals surface area contributed by atoms with Crippen molar-refractivity contribution in [2.75, 3.05) is 24.8 Å². The number of rotatable bonds is 12. The molecule has 0 radical (unpaired) electrons. The predicted molar refractivity (Wildman–Crippen MR) is 161 cm³/mol. The van der Waals surface area contributed by atoms with E-state index in [1.807, 2.05) is 60.7 Å². The van der Waals surface area contributed by atoms with Gasteiger partial charge in [0, 0.05) is 23.6 Å². The summed E-state index contributed by atoms with van der Waals surface area (Å²) in [6.07, 6.45) is -0.465. The van der Waals surface area contributed by atoms with Gasteiger partial charge in [0.1, 0.15) is 17.7 Å². The molecule has 14 heteroatoms. The summed E-state index contributed by atoms with van der Waals surface area (Å²) in [5.41, 5.74) is 2.24. The number of anilines is 1. The Morgan fingerprint density at radius 2 is 1.77 bits per heavy atom. The number of nitrogens with zero attached hydrogens (tertiary/aromatic N) is 3. The standard InChI is InChI=1S/C30H28N4O8S2/c1-18(36)41-14-21-15-43-28-25(34(40-2)23(37)13-22-16-44-30(32-22)31-17-35)27(38)33(28)24(21)29(39)42-26(19-9-5-3-6-10-19)20-11-7-4-8-12-20/h3-12,16-17,25-26,28H,13-15H2,1-2H3,(H,31,32,35)/t25?,28-/m0/s1. The summed E-state index contributed by atoms with van der Waals surface area (Å²) < 4.78 is 11.3. The number of hydroxylamine groups is 2. The molecule has 1 unspecified atom stereocenters. The third-order valence-electron chi connectivity index (χ3n) is 6.85. The Labute approximate surface area is 260 Å². The van der Waals surface area contributed by atoms with E-state index in [1.54, 1.807) is 5.38 Å². The number of nitrogens with one attached hydrogen (secondary N) is 1. The fourth-order valence-electron chi connectivity index (χ4n) is 4.89. The molecule has 0 spiro atoms. The van der Waals surface area contributed by atoms with Crippen LogP contribution < -0.4 is 5.32 Å². The Morgan fingerprint density at radius 3 is 2.36 bits per heavy atom. The van der Waals surface area contributed by atoms with Crippen LogP contribution in [0.25, 0.3) is 0 Å². The summed E-state index contributed by atoms with van der Waals surface area (Å²) in [6, 6.07) is 17.4. The van der Waals surface area contributed by atoms with Crippen LogP contribution in [0.1, 0.15) is 29.8 Å². The first-order chi connectivity index (χ1) is 21.3. The average molecular weight is 637 g/mol. The number of aromatic nitrogens is 1. The number of thioether (sulfide) groups is 1. The van der Waals surface area contributed by atoms with Crippen LogP contribution in [-0.2, 0) is 44.7 Å². The van der Waals surface area contributed by atoms with E-state index in [0.717, 1.165) is 27.5 Å². The Balaban J connectivity index is 1.41. The number of thiazole rings is 1. The third kappa shape index (κ3) is 6.51. The van der Waals surface area contributed by atoms with Gasteiger partial charge in [-0.15, -0.1) is 23.1 Å². The van der Waals surface area contributed by atoms with E-state index in [-0.39, 0.29) is 24.5 Å². The molecule has 0 bridgehead atoms. The molecule has 2 aromatic carbocycles. The SMILES string of the molecule is CON(C(=O)Cc1csc(NC=O)n1)C1C(=O)N2C(C(=O)OC(c3ccccc3)c3ccccc3)=C(COC(C)=O)CS[C@@H]12. The fraction of sp³-hybridized carbons (Fsp3) is 0.267. The van der Waals surface area contributed by atoms with Gasteiger partial charge in [-0.25, -0.2) is 14.8 Å². The molecule has 3 heterocycles. The van der Waals surface area contributed by atoms with E-state index in [0.29, 0.717) is 22.8 Å². The van der Waals surface area contributed by atoms with Crippen molar-refractivity contribution in [2.24, 2.45) is 0 Å². The Hall–Kier alpha value is -4.53. The van der Waals surface area contributed by atoms with Crippen LogP contribution in [0.5, 0.6) is 0 Å². The Kier molecular flexibility index (Phi) is 9.72. The molecule has 1 N–H and O–H groups in total. The van der Waals surface area contributed by atoms with Gasteiger partial charge in [0.25, 0.3) is 11.8 Å². The van der Waals surface area contributed by atoms with E-state index >= 15 is 0 Å². The molecule has 1 saturated heterocycles. The van der Waals surface area contributed by atoms with E-state index < -0.39 is 41.3 Å². The molecule has 5 rings (SSSR count). The average Bonchev–Trinajstić information content (AvgIpc) is 3.48. The molecule has 1 fully saturated rings. The van der Waals surface area contributed by atoms with Crippen LogP contribution in [0.3, 0.4) is 0 Å². The highest BCUT2D eigenvalue weighted by molar-refractivity contribution is 8.00. The number of ether oxygens (including phenoxy) is 2. The summed E-state index contributed by atoms with van der Waals surface area (Å²) in [5, 5.41) is 4.71. The van der Waals surface area contributed by atoms with Crippen LogP contribution in [0.15, 0.2) is 77.3 Å². The number of carbonyl (C=O) groups excluding carboxylic acids is 5. The van der Waals surface area contributed by atoms with Crippen molar-refractivity contribution in [3.63, 3.8) is 0 Å². The summed E-state index contributed by atoms with van der Waals surface area (Å²) in [7, 11) is 1.28. The number of hydrogen-bond donors (Lipinski definition) is 1. The van der Waals surface area contributed by atoms with E-state index in [1.165, 1.54) is 30.7 Å². The van der Waals surface area contributed by atoms with Crippen molar-refractivity contribution in [3.05, 3.63) is 94.1 Å². The molecule has 0 aliphatic carbocycles. The lowest BCUT2D eigenvalue weighted by Crippen LogP contribution is -2.71. The first kappa shape index (κ1) is 30.9. The smallest absolute Gasteiger partial charge is 0.356 e. The van der Waals surface area contributed by atoms with Crippen molar-refractivity contribution in [1.82, 2.24) is 14.9 Å². The molecule has 2 aliphatic rings. The third-order valence-corrected chi connectivity index (χ3v) is 9.00. The van der Waals surface area contributed by atoms with Gasteiger partial charge in [-0.2, -0.15) is 0 Å². The largest absolute Gasteiger partial charge is 0.461 e. The number of β-lactam (4-membered cyclic amide) rings is 1. The molecule has 44 heavy (non-hydrogen) atoms. The number of esters is 2. The van der Waals surface area contributed by atoms with Gasteiger partial charge in [0.15, 0.2) is 17.3 Å². The maximum Gasteiger partial charge on any atom is 0.356 e. The molecule has 228 valence electrons. The Morgan fingerprint density at radius 1 is 1.11 bits per heavy atom. The summed E-state index contributed by atoms with van der Waals surface area (Å²) >= 11 is 2.46. The zero-order valence-corrected chi connectivity index (χ0v) is 25.3. The second kappa shape index (κ2) is 13.8. The quantitative estimate of drug-likeness (QED) is 0.136. The van der Waals surface area contributed by atoms with Crippen molar-refractivity contribution >= 4 is 58.4 Å². The minimum absolute atomic E-state index is 0.0271. The molecule has 3 aromatic rings. The summed E-state index contributed by atoms with van der Waals surface area (Å²) in [6.45, 7) is 1.05. The highest BCUT2D eigenvalue weighted by Gasteiger charge is 2.58. The van der Waals surface area contributed by atoms with E-state index in [9.17, 15) is 24.0 Å². The van der Waals surface area contributed by atoms with Crippen molar-refractivity contribution in [3.8, 4) is 0 Å². The molecule has 1 aromatic heterocycles. The molecule has 2 atom stereocenters. The predicted octanol–water partition coefficient (Wildman–Crippen LogP) is 3.08. The molecular weight excluding hydrogens is 608 g/mol. The monoisotopic (exact) mass is 636 g/mol. The van der Waals surface area contributed by atoms with Gasteiger partial charge in [0.05, 0.1) is 19.2 Å². The van der Waals surface area contributed by atoms with E-state index in [2.05, 4.69) is 10.3 Å². The molecule has 3 amide bonds. The molecule has 2 aliphatic heterocycles. The maximum absolute atomic E-state index is 13.9. The van der Waals surface area contributed by atoms with Crippen LogP contribution >= 0.6 is 23.1 Å². The van der Waals surface area contributed by atoms with Gasteiger partial charge >= 0.3 is 11.9 Å². The maximum atomic E-state index is 13.9. The number of hydrogen-bond acceptors (Lipinski definition) is 11. The number of amides is 3. The van der Waals surface area contributed by atoms with Crippen LogP contribution in [0, 0.1) is 0 Å². The molecule has 0 saturated carbocycles. The minimum atomic E-state index is -1.03. The van der Waals surface area contributed by atoms with Crippen molar-refractivity contribution < 1.29 is 38.3 Å². The number of benzene rings is 2. The molecular formula is C30H28N4O8S2. The van der Waals surface area contributed by atoms with Crippen LogP contribution in [0.4, 0.5) is 5.13 Å². The Bertz CT molecular complexity index is 1540. The number of fused-ring (bicyclic) bond motifs is 1. The highest BCUT2D eigenvalue weighted by Crippen LogP contribution is 2.43. The lowest BCUT2D eigenvalue weighted by atomic mass is 10.0. The normalized spacial score (nSPS) is 17.4. The van der Waals surface area contributed by atoms with Crippen LogP contribution in [-0.4, -0.2) is 76.0 Å². The van der Waals surface area contributed by atoms with Gasteiger partial charge in [-0.05, 0) is 11.1 Å². The first-order valence-electron chi connectivity index (χ1n) is 13.4. The van der Waals surface area contributed by atoms with Gasteiger partial charge in [0.2, 0.25) is 6.41 Å². The summed E-state index contributed by atoms with van der Waals surface area (Å²) in [5.74, 6) is -2.15. The second-order valence-electron chi connectivity index (χ2n) is 9.68. The second-order valence-corrected chi connectivity index (χ2v) is 11.6. The fourth-order valence-corrected chi connectivity index (χ4v) is 6.92. The van der Waals surface area contributed by atoms with Crippen LogP contribution in [0.2, 0.25) is 0 Å². The van der Waals surface area contributed by atoms with Gasteiger partial charge in [-0.3, -0.25) is 28.9 Å². The highest BCUT2D eigenvalue weighted by atomic mass is 32.2. The van der Waals surface area contributed by atoms with Crippen molar-refractivity contribution in [2.45, 2.75) is 30.9 Å². The first-order valence-corrected chi connectivity index (χ1v) is 15.4. The summed E-state index contributed by atoms with van der Waals surface area (Å²) in [4.78, 5) is 74.0. The zero-order chi connectivity index (χ0) is 31.2. The lowest BCUT2D eigenvalue weighted by Gasteiger charge is -2.52. The lowest BCUT2D eigenvalue weighted by molar-refractivity contribution is -0.208. The van der Waals surface area contributed by atoms with Gasteiger partial charge in [-0.1, -0.05) is 60.7 Å². The minimum Gasteiger partial charge on any atom is -0.461 e. The zero-order valence-electron chi connectivity index (χ0n) is 23.7. The number of carbonyl (C=O) groups is 5. The molecule has 12 nitrogen and oxygen atoms in total.